The molecule has 1 fully saturated rings. The van der Waals surface area contributed by atoms with Crippen LogP contribution in [0.1, 0.15) is 29.5 Å². The number of carbonyl (C=O) groups excluding carboxylic acids is 1. The first-order valence-corrected chi connectivity index (χ1v) is 11.5. The summed E-state index contributed by atoms with van der Waals surface area (Å²) in [6.45, 7) is 6.99. The van der Waals surface area contributed by atoms with Crippen LogP contribution in [-0.2, 0) is 17.7 Å². The van der Waals surface area contributed by atoms with Gasteiger partial charge in [0.1, 0.15) is 15.7 Å². The number of rotatable bonds is 3. The number of fused-ring (bicyclic) bond motifs is 2. The van der Waals surface area contributed by atoms with Crippen LogP contribution in [-0.4, -0.2) is 27.3 Å². The van der Waals surface area contributed by atoms with Gasteiger partial charge in [0.05, 0.1) is 27.8 Å². The van der Waals surface area contributed by atoms with Gasteiger partial charge in [-0.25, -0.2) is 14.8 Å². The number of hydrogen-bond donors (Lipinski definition) is 2. The van der Waals surface area contributed by atoms with E-state index in [4.69, 9.17) is 9.72 Å². The molecule has 1 saturated heterocycles. The van der Waals surface area contributed by atoms with Crippen molar-refractivity contribution in [2.45, 2.75) is 26.3 Å². The lowest BCUT2D eigenvalue weighted by atomic mass is 10.2. The molecule has 0 spiro atoms. The van der Waals surface area contributed by atoms with E-state index in [0.717, 1.165) is 39.6 Å². The third kappa shape index (κ3) is 3.51. The van der Waals surface area contributed by atoms with Gasteiger partial charge in [-0.05, 0) is 49.4 Å². The lowest BCUT2D eigenvalue weighted by Gasteiger charge is -2.02. The lowest BCUT2D eigenvalue weighted by molar-refractivity contribution is 0.0526. The first-order valence-electron chi connectivity index (χ1n) is 9.86. The summed E-state index contributed by atoms with van der Waals surface area (Å²) in [6.07, 6.45) is 1.79. The SMILES string of the molecule is C=c1c(=C2NNC(=Nc3ccc(C(=O)OCC)cc3)S2)sc2nc3n(c(=O)c12)CCC3. The highest BCUT2D eigenvalue weighted by molar-refractivity contribution is 8.21. The fourth-order valence-corrected chi connectivity index (χ4v) is 5.64. The predicted octanol–water partition coefficient (Wildman–Crippen LogP) is 1.59. The molecule has 4 heterocycles. The number of aliphatic imine (C=N–C) groups is 1. The fraction of sp³-hybridized carbons (Fsp3) is 0.238. The van der Waals surface area contributed by atoms with Gasteiger partial charge in [0.15, 0.2) is 5.17 Å². The molecular formula is C21H19N5O3S2. The number of ether oxygens (including phenoxy) is 1. The summed E-state index contributed by atoms with van der Waals surface area (Å²) in [7, 11) is 0. The summed E-state index contributed by atoms with van der Waals surface area (Å²) in [4.78, 5) is 34.6. The summed E-state index contributed by atoms with van der Waals surface area (Å²) < 4.78 is 7.64. The van der Waals surface area contributed by atoms with E-state index in [1.54, 1.807) is 35.8 Å². The molecule has 0 bridgehead atoms. The highest BCUT2D eigenvalue weighted by atomic mass is 32.2. The number of esters is 1. The molecule has 10 heteroatoms. The molecule has 0 unspecified atom stereocenters. The van der Waals surface area contributed by atoms with E-state index < -0.39 is 0 Å². The molecule has 2 N–H and O–H groups in total. The fourth-order valence-electron chi connectivity index (χ4n) is 3.60. The number of carbonyl (C=O) groups is 1. The molecule has 0 saturated carbocycles. The van der Waals surface area contributed by atoms with E-state index in [1.807, 2.05) is 0 Å². The number of nitrogens with zero attached hydrogens (tertiary/aromatic N) is 3. The number of benzene rings is 1. The molecule has 8 nitrogen and oxygen atoms in total. The van der Waals surface area contributed by atoms with E-state index >= 15 is 0 Å². The molecule has 0 amide bonds. The topological polar surface area (TPSA) is 97.6 Å². The molecule has 5 rings (SSSR count). The summed E-state index contributed by atoms with van der Waals surface area (Å²) in [5, 5.41) is 2.78. The molecule has 158 valence electrons. The Kier molecular flexibility index (Phi) is 5.03. The van der Waals surface area contributed by atoms with Gasteiger partial charge in [-0.1, -0.05) is 6.58 Å². The number of nitrogens with one attached hydrogen (secondary N) is 2. The Hall–Kier alpha value is -3.11. The standard InChI is InChI=1S/C21H19N5O3S2/c1-3-29-20(28)12-6-8-13(9-7-12)22-21-25-24-18(31-21)16-11(2)15-17(30-16)23-14-5-4-10-26(14)19(15)27/h6-9,24H,2-5,10H2,1H3,(H,22,25). The van der Waals surface area contributed by atoms with Crippen molar-refractivity contribution in [1.29, 1.82) is 0 Å². The Bertz CT molecular complexity index is 1410. The van der Waals surface area contributed by atoms with Crippen molar-refractivity contribution in [1.82, 2.24) is 20.4 Å². The zero-order valence-corrected chi connectivity index (χ0v) is 18.4. The first kappa shape index (κ1) is 19.8. The second kappa shape index (κ2) is 7.86. The largest absolute Gasteiger partial charge is 0.462 e. The van der Waals surface area contributed by atoms with Gasteiger partial charge in [-0.15, -0.1) is 11.3 Å². The summed E-state index contributed by atoms with van der Waals surface area (Å²) in [6, 6.07) is 6.90. The average molecular weight is 454 g/mol. The van der Waals surface area contributed by atoms with Gasteiger partial charge in [-0.2, -0.15) is 0 Å². The maximum Gasteiger partial charge on any atom is 0.338 e. The molecule has 3 aromatic rings. The van der Waals surface area contributed by atoms with Gasteiger partial charge < -0.3 is 4.74 Å². The lowest BCUT2D eigenvalue weighted by Crippen LogP contribution is -2.31. The molecule has 31 heavy (non-hydrogen) atoms. The maximum absolute atomic E-state index is 12.9. The van der Waals surface area contributed by atoms with Crippen molar-refractivity contribution in [2.24, 2.45) is 4.99 Å². The molecule has 2 aromatic heterocycles. The van der Waals surface area contributed by atoms with Gasteiger partial charge in [0.25, 0.3) is 5.56 Å². The van der Waals surface area contributed by atoms with E-state index in [9.17, 15) is 9.59 Å². The molecule has 2 aliphatic heterocycles. The minimum Gasteiger partial charge on any atom is -0.462 e. The number of aromatic nitrogens is 2. The molecule has 0 aliphatic carbocycles. The van der Waals surface area contributed by atoms with Crippen molar-refractivity contribution >= 4 is 61.7 Å². The van der Waals surface area contributed by atoms with Gasteiger partial charge in [0, 0.05) is 18.2 Å². The van der Waals surface area contributed by atoms with Crippen LogP contribution in [0.5, 0.6) is 0 Å². The number of hydrazine groups is 1. The van der Waals surface area contributed by atoms with Crippen molar-refractivity contribution < 1.29 is 9.53 Å². The number of amidine groups is 1. The number of thiophene rings is 1. The van der Waals surface area contributed by atoms with Crippen molar-refractivity contribution in [3.63, 3.8) is 0 Å². The molecular weight excluding hydrogens is 434 g/mol. The van der Waals surface area contributed by atoms with E-state index in [0.29, 0.717) is 33.6 Å². The Morgan fingerprint density at radius 3 is 2.90 bits per heavy atom. The Balaban J connectivity index is 1.46. The van der Waals surface area contributed by atoms with Crippen LogP contribution in [0.25, 0.3) is 21.8 Å². The summed E-state index contributed by atoms with van der Waals surface area (Å²) >= 11 is 2.89. The van der Waals surface area contributed by atoms with Gasteiger partial charge >= 0.3 is 5.97 Å². The van der Waals surface area contributed by atoms with Crippen molar-refractivity contribution in [3.05, 3.63) is 55.8 Å². The van der Waals surface area contributed by atoms with Crippen LogP contribution in [0.3, 0.4) is 0 Å². The second-order valence-electron chi connectivity index (χ2n) is 7.04. The number of hydrogen-bond acceptors (Lipinski definition) is 8. The van der Waals surface area contributed by atoms with Crippen LogP contribution >= 0.6 is 23.1 Å². The Morgan fingerprint density at radius 2 is 2.13 bits per heavy atom. The summed E-state index contributed by atoms with van der Waals surface area (Å²) in [5.41, 5.74) is 7.37. The van der Waals surface area contributed by atoms with E-state index in [1.165, 1.54) is 23.1 Å². The highest BCUT2D eigenvalue weighted by Crippen LogP contribution is 2.24. The van der Waals surface area contributed by atoms with E-state index in [-0.39, 0.29) is 11.5 Å². The van der Waals surface area contributed by atoms with Crippen molar-refractivity contribution in [2.75, 3.05) is 6.61 Å². The van der Waals surface area contributed by atoms with Crippen LogP contribution in [0.15, 0.2) is 34.1 Å². The minimum atomic E-state index is -0.351. The Labute approximate surface area is 185 Å². The van der Waals surface area contributed by atoms with E-state index in [2.05, 4.69) is 22.4 Å². The minimum absolute atomic E-state index is 0.00265. The smallest absolute Gasteiger partial charge is 0.338 e. The third-order valence-electron chi connectivity index (χ3n) is 5.07. The predicted molar refractivity (Wildman–Crippen MR) is 124 cm³/mol. The van der Waals surface area contributed by atoms with Gasteiger partial charge in [-0.3, -0.25) is 20.2 Å². The first-order chi connectivity index (χ1) is 15.0. The normalized spacial score (nSPS) is 18.2. The third-order valence-corrected chi connectivity index (χ3v) is 7.24. The number of thioether (sulfide) groups is 1. The molecule has 0 radical (unpaired) electrons. The number of aryl methyl sites for hydroxylation is 1. The zero-order chi connectivity index (χ0) is 21.5. The molecule has 2 aliphatic rings. The second-order valence-corrected chi connectivity index (χ2v) is 9.04. The van der Waals surface area contributed by atoms with Crippen LogP contribution in [0.4, 0.5) is 5.69 Å². The van der Waals surface area contributed by atoms with Gasteiger partial charge in [0.2, 0.25) is 0 Å². The highest BCUT2D eigenvalue weighted by Gasteiger charge is 2.21. The maximum atomic E-state index is 12.9. The van der Waals surface area contributed by atoms with Crippen LogP contribution in [0, 0.1) is 0 Å². The Morgan fingerprint density at radius 1 is 1.32 bits per heavy atom. The quantitative estimate of drug-likeness (QED) is 0.581. The monoisotopic (exact) mass is 453 g/mol. The van der Waals surface area contributed by atoms with Crippen LogP contribution in [0.2, 0.25) is 0 Å². The molecule has 0 atom stereocenters. The average Bonchev–Trinajstić information content (AvgIpc) is 3.48. The van der Waals surface area contributed by atoms with Crippen LogP contribution < -0.4 is 26.2 Å². The summed E-state index contributed by atoms with van der Waals surface area (Å²) in [5.74, 6) is 0.504. The van der Waals surface area contributed by atoms with Crippen molar-refractivity contribution in [3.8, 4) is 0 Å². The zero-order valence-electron chi connectivity index (χ0n) is 16.7. The molecule has 1 aromatic carbocycles.